The van der Waals surface area contributed by atoms with Gasteiger partial charge in [-0.3, -0.25) is 9.36 Å². The summed E-state index contributed by atoms with van der Waals surface area (Å²) in [6.45, 7) is 2.90. The number of carbonyl (C=O) groups excluding carboxylic acids is 1. The molecule has 1 amide bonds. The molecule has 3 aromatic heterocycles. The van der Waals surface area contributed by atoms with Crippen molar-refractivity contribution in [2.75, 3.05) is 27.2 Å². The second-order valence-electron chi connectivity index (χ2n) is 11.5. The van der Waals surface area contributed by atoms with E-state index in [0.29, 0.717) is 59.6 Å². The molecule has 230 valence electrons. The van der Waals surface area contributed by atoms with Crippen molar-refractivity contribution in [1.29, 1.82) is 5.26 Å². The molecule has 9 nitrogen and oxygen atoms in total. The Balaban J connectivity index is 1.49. The van der Waals surface area contributed by atoms with E-state index in [2.05, 4.69) is 11.1 Å². The minimum absolute atomic E-state index is 0.0864. The zero-order chi connectivity index (χ0) is 31.8. The van der Waals surface area contributed by atoms with Crippen LogP contribution in [0.4, 0.5) is 8.78 Å². The summed E-state index contributed by atoms with van der Waals surface area (Å²) in [4.78, 5) is 30.7. The van der Waals surface area contributed by atoms with E-state index < -0.39 is 11.6 Å². The van der Waals surface area contributed by atoms with E-state index in [1.807, 2.05) is 36.6 Å². The molecule has 0 radical (unpaired) electrons. The van der Waals surface area contributed by atoms with Crippen molar-refractivity contribution in [1.82, 2.24) is 33.9 Å². The molecule has 6 rings (SSSR count). The number of aryl methyl sites for hydroxylation is 1. The topological polar surface area (TPSA) is 95.9 Å². The Labute approximate surface area is 264 Å². The van der Waals surface area contributed by atoms with Gasteiger partial charge in [-0.1, -0.05) is 29.8 Å². The number of likely N-dealkylation sites (N-methyl/N-ethyl adjacent to an activating group) is 1. The van der Waals surface area contributed by atoms with Crippen LogP contribution in [0.15, 0.2) is 61.2 Å². The Kier molecular flexibility index (Phi) is 8.36. The van der Waals surface area contributed by atoms with Gasteiger partial charge in [-0.05, 0) is 57.6 Å². The number of halogens is 3. The van der Waals surface area contributed by atoms with Crippen molar-refractivity contribution in [3.8, 4) is 23.0 Å². The third-order valence-corrected chi connectivity index (χ3v) is 8.58. The number of nitrogens with zero attached hydrogens (tertiary/aromatic N) is 8. The van der Waals surface area contributed by atoms with Crippen molar-refractivity contribution >= 4 is 39.4 Å². The summed E-state index contributed by atoms with van der Waals surface area (Å²) in [6, 6.07) is 8.95. The lowest BCUT2D eigenvalue weighted by Gasteiger charge is -2.38. The van der Waals surface area contributed by atoms with Crippen LogP contribution >= 0.6 is 11.6 Å². The van der Waals surface area contributed by atoms with Crippen molar-refractivity contribution in [2.45, 2.75) is 38.3 Å². The molecular formula is C33H31ClF2N8O. The van der Waals surface area contributed by atoms with Gasteiger partial charge in [-0.25, -0.2) is 23.7 Å². The number of fused-ring (bicyclic) bond motifs is 3. The van der Waals surface area contributed by atoms with E-state index >= 15 is 4.39 Å². The summed E-state index contributed by atoms with van der Waals surface area (Å²) in [5, 5.41) is 10.3. The summed E-state index contributed by atoms with van der Waals surface area (Å²) in [5.74, 6) is -0.144. The highest BCUT2D eigenvalue weighted by Crippen LogP contribution is 2.41. The van der Waals surface area contributed by atoms with Crippen molar-refractivity contribution in [3.05, 3.63) is 83.7 Å². The Hall–Kier alpha value is -4.66. The molecule has 0 spiro atoms. The fourth-order valence-corrected chi connectivity index (χ4v) is 6.41. The Morgan fingerprint density at radius 3 is 2.67 bits per heavy atom. The minimum atomic E-state index is -0.634. The van der Waals surface area contributed by atoms with E-state index in [1.54, 1.807) is 40.3 Å². The van der Waals surface area contributed by atoms with E-state index in [-0.39, 0.29) is 40.5 Å². The third kappa shape index (κ3) is 5.67. The lowest BCUT2D eigenvalue weighted by Crippen LogP contribution is -2.45. The number of hydrogen-bond donors (Lipinski definition) is 0. The maximum Gasteiger partial charge on any atom is 0.246 e. The number of pyridine rings is 1. The predicted molar refractivity (Wildman–Crippen MR) is 169 cm³/mol. The number of imidazole rings is 2. The zero-order valence-electron chi connectivity index (χ0n) is 25.1. The molecule has 1 fully saturated rings. The molecule has 2 atom stereocenters. The molecule has 5 aromatic rings. The number of hydrogen-bond acceptors (Lipinski definition) is 6. The van der Waals surface area contributed by atoms with E-state index in [0.717, 1.165) is 0 Å². The van der Waals surface area contributed by atoms with Crippen LogP contribution in [0.5, 0.6) is 0 Å². The standard InChI is InChI=1S/C33H31ClF2N8O/c1-20-38-13-16-42(20)33-31-32(25-18-26(34)28(29(36)30(25)40-33)21-6-8-22(35)9-7-21)44(19-39-31)24-11-15-43(23(17-24)10-12-37)27(45)5-4-14-41(2)3/h4-9,13,16,18-19,23-24H,10-11,14-15,17H2,1-3H3/b5-4+/t23-,24+/m1/s1. The van der Waals surface area contributed by atoms with Gasteiger partial charge in [-0.2, -0.15) is 5.26 Å². The van der Waals surface area contributed by atoms with Crippen LogP contribution in [0.1, 0.15) is 31.1 Å². The van der Waals surface area contributed by atoms with Gasteiger partial charge in [0.25, 0.3) is 0 Å². The highest BCUT2D eigenvalue weighted by atomic mass is 35.5. The van der Waals surface area contributed by atoms with Gasteiger partial charge in [0.2, 0.25) is 5.91 Å². The second-order valence-corrected chi connectivity index (χ2v) is 11.9. The molecule has 4 heterocycles. The first-order valence-corrected chi connectivity index (χ1v) is 15.0. The summed E-state index contributed by atoms with van der Waals surface area (Å²) >= 11 is 6.74. The van der Waals surface area contributed by atoms with Crippen LogP contribution in [0, 0.1) is 29.9 Å². The first kappa shape index (κ1) is 30.4. The summed E-state index contributed by atoms with van der Waals surface area (Å²) in [6.07, 6.45) is 9.78. The van der Waals surface area contributed by atoms with Crippen molar-refractivity contribution in [3.63, 3.8) is 0 Å². The normalized spacial score (nSPS) is 17.2. The number of nitriles is 1. The smallest absolute Gasteiger partial charge is 0.246 e. The van der Waals surface area contributed by atoms with Crippen LogP contribution in [-0.4, -0.2) is 73.0 Å². The minimum Gasteiger partial charge on any atom is -0.335 e. The van der Waals surface area contributed by atoms with E-state index in [4.69, 9.17) is 21.6 Å². The van der Waals surface area contributed by atoms with Crippen LogP contribution in [0.25, 0.3) is 38.9 Å². The van der Waals surface area contributed by atoms with Crippen molar-refractivity contribution in [2.24, 2.45) is 0 Å². The van der Waals surface area contributed by atoms with Gasteiger partial charge in [0, 0.05) is 54.6 Å². The lowest BCUT2D eigenvalue weighted by molar-refractivity contribution is -0.130. The van der Waals surface area contributed by atoms with E-state index in [9.17, 15) is 14.4 Å². The molecule has 12 heteroatoms. The monoisotopic (exact) mass is 628 g/mol. The molecule has 1 saturated heterocycles. The lowest BCUT2D eigenvalue weighted by atomic mass is 9.94. The quantitative estimate of drug-likeness (QED) is 0.198. The number of rotatable bonds is 7. The number of aromatic nitrogens is 5. The molecule has 45 heavy (non-hydrogen) atoms. The maximum absolute atomic E-state index is 16.5. The number of carbonyl (C=O) groups is 1. The summed E-state index contributed by atoms with van der Waals surface area (Å²) in [7, 11) is 3.85. The number of likely N-dealkylation sites (tertiary alicyclic amines) is 1. The average Bonchev–Trinajstić information content (AvgIpc) is 3.65. The first-order valence-electron chi connectivity index (χ1n) is 14.6. The van der Waals surface area contributed by atoms with E-state index in [1.165, 1.54) is 24.3 Å². The van der Waals surface area contributed by atoms with Crippen LogP contribution in [-0.2, 0) is 4.79 Å². The highest BCUT2D eigenvalue weighted by molar-refractivity contribution is 6.34. The molecule has 0 saturated carbocycles. The Morgan fingerprint density at radius 1 is 1.20 bits per heavy atom. The number of piperidine rings is 1. The average molecular weight is 629 g/mol. The van der Waals surface area contributed by atoms with Gasteiger partial charge in [-0.15, -0.1) is 0 Å². The zero-order valence-corrected chi connectivity index (χ0v) is 25.8. The SMILES string of the molecule is Cc1nccn1-c1nc2c(F)c(-c3ccc(F)cc3)c(Cl)cc2c2c1ncn2[C@H]1CCN(C(=O)/C=C/CN(C)C)[C@H](CC#N)C1. The van der Waals surface area contributed by atoms with Crippen LogP contribution in [0.2, 0.25) is 5.02 Å². The van der Waals surface area contributed by atoms with Gasteiger partial charge >= 0.3 is 0 Å². The van der Waals surface area contributed by atoms with Crippen LogP contribution < -0.4 is 0 Å². The van der Waals surface area contributed by atoms with Gasteiger partial charge in [0.05, 0.1) is 29.4 Å². The molecule has 1 aliphatic rings. The first-order chi connectivity index (χ1) is 21.7. The van der Waals surface area contributed by atoms with Gasteiger partial charge < -0.3 is 14.4 Å². The highest BCUT2D eigenvalue weighted by Gasteiger charge is 2.33. The van der Waals surface area contributed by atoms with Gasteiger partial charge in [0.15, 0.2) is 11.6 Å². The Morgan fingerprint density at radius 2 is 1.98 bits per heavy atom. The van der Waals surface area contributed by atoms with Gasteiger partial charge in [0.1, 0.15) is 22.7 Å². The molecule has 1 aliphatic heterocycles. The summed E-state index contributed by atoms with van der Waals surface area (Å²) < 4.78 is 34.0. The molecule has 0 aliphatic carbocycles. The maximum atomic E-state index is 16.5. The van der Waals surface area contributed by atoms with Crippen molar-refractivity contribution < 1.29 is 13.6 Å². The second kappa shape index (κ2) is 12.4. The number of benzene rings is 2. The van der Waals surface area contributed by atoms with Crippen LogP contribution in [0.3, 0.4) is 0 Å². The largest absolute Gasteiger partial charge is 0.335 e. The Bertz CT molecular complexity index is 1980. The molecule has 0 unspecified atom stereocenters. The molecule has 0 bridgehead atoms. The third-order valence-electron chi connectivity index (χ3n) is 8.28. The predicted octanol–water partition coefficient (Wildman–Crippen LogP) is 6.24. The molecule has 2 aromatic carbocycles. The fraction of sp³-hybridized carbons (Fsp3) is 0.303. The fourth-order valence-electron chi connectivity index (χ4n) is 6.11. The summed E-state index contributed by atoms with van der Waals surface area (Å²) in [5.41, 5.74) is 1.81. The molecular weight excluding hydrogens is 598 g/mol. The molecule has 0 N–H and O–H groups in total. The number of amides is 1.